The lowest BCUT2D eigenvalue weighted by atomic mass is 10.3. The third kappa shape index (κ3) is 4.21. The molecule has 0 amide bonds. The molecule has 0 fully saturated rings. The molecule has 0 N–H and O–H groups in total. The molecule has 116 valence electrons. The highest BCUT2D eigenvalue weighted by molar-refractivity contribution is 9.10. The van der Waals surface area contributed by atoms with Gasteiger partial charge in [0.25, 0.3) is 0 Å². The SMILES string of the molecule is CCCN(CC)CCn1c(CCCl)nc2ccc(Br)cc21. The molecular weight excluding hydrogens is 350 g/mol. The van der Waals surface area contributed by atoms with Gasteiger partial charge in [-0.25, -0.2) is 4.98 Å². The summed E-state index contributed by atoms with van der Waals surface area (Å²) < 4.78 is 3.41. The fourth-order valence-corrected chi connectivity index (χ4v) is 3.17. The Morgan fingerprint density at radius 1 is 1.29 bits per heavy atom. The van der Waals surface area contributed by atoms with Gasteiger partial charge in [-0.1, -0.05) is 29.8 Å². The third-order valence-electron chi connectivity index (χ3n) is 3.73. The molecule has 21 heavy (non-hydrogen) atoms. The number of fused-ring (bicyclic) bond motifs is 1. The van der Waals surface area contributed by atoms with Gasteiger partial charge in [-0.2, -0.15) is 0 Å². The molecular formula is C16H23BrClN3. The first-order valence-corrected chi connectivity index (χ1v) is 8.95. The van der Waals surface area contributed by atoms with Gasteiger partial charge < -0.3 is 9.47 Å². The highest BCUT2D eigenvalue weighted by atomic mass is 79.9. The molecule has 0 saturated carbocycles. The van der Waals surface area contributed by atoms with Crippen LogP contribution in [0.25, 0.3) is 11.0 Å². The van der Waals surface area contributed by atoms with E-state index in [0.717, 1.165) is 48.4 Å². The zero-order valence-electron chi connectivity index (χ0n) is 12.8. The van der Waals surface area contributed by atoms with Crippen molar-refractivity contribution < 1.29 is 0 Å². The van der Waals surface area contributed by atoms with Crippen molar-refractivity contribution in [1.82, 2.24) is 14.5 Å². The molecule has 1 aromatic heterocycles. The molecule has 0 unspecified atom stereocenters. The van der Waals surface area contributed by atoms with Crippen LogP contribution in [-0.2, 0) is 13.0 Å². The van der Waals surface area contributed by atoms with Crippen LogP contribution in [0.3, 0.4) is 0 Å². The summed E-state index contributed by atoms with van der Waals surface area (Å²) in [5.41, 5.74) is 2.24. The van der Waals surface area contributed by atoms with Gasteiger partial charge in [-0.3, -0.25) is 0 Å². The van der Waals surface area contributed by atoms with Crippen molar-refractivity contribution in [3.05, 3.63) is 28.5 Å². The number of likely N-dealkylation sites (N-methyl/N-ethyl adjacent to an activating group) is 1. The smallest absolute Gasteiger partial charge is 0.111 e. The molecule has 0 aliphatic rings. The van der Waals surface area contributed by atoms with E-state index in [-0.39, 0.29) is 0 Å². The molecule has 3 nitrogen and oxygen atoms in total. The first-order chi connectivity index (χ1) is 10.2. The second kappa shape index (κ2) is 8.16. The number of aryl methyl sites for hydroxylation is 1. The van der Waals surface area contributed by atoms with Crippen LogP contribution in [0.4, 0.5) is 0 Å². The van der Waals surface area contributed by atoms with Gasteiger partial charge in [-0.05, 0) is 37.7 Å². The van der Waals surface area contributed by atoms with E-state index in [0.29, 0.717) is 5.88 Å². The van der Waals surface area contributed by atoms with Crippen molar-refractivity contribution in [2.24, 2.45) is 0 Å². The maximum Gasteiger partial charge on any atom is 0.111 e. The van der Waals surface area contributed by atoms with Gasteiger partial charge in [0.1, 0.15) is 5.82 Å². The normalized spacial score (nSPS) is 11.7. The van der Waals surface area contributed by atoms with Crippen molar-refractivity contribution in [2.45, 2.75) is 33.2 Å². The van der Waals surface area contributed by atoms with E-state index < -0.39 is 0 Å². The molecule has 0 aliphatic carbocycles. The summed E-state index contributed by atoms with van der Waals surface area (Å²) in [6.07, 6.45) is 2.01. The van der Waals surface area contributed by atoms with Gasteiger partial charge in [0, 0.05) is 29.9 Å². The van der Waals surface area contributed by atoms with E-state index in [1.165, 1.54) is 11.9 Å². The Morgan fingerprint density at radius 3 is 2.76 bits per heavy atom. The first kappa shape index (κ1) is 16.8. The quantitative estimate of drug-likeness (QED) is 0.644. The summed E-state index contributed by atoms with van der Waals surface area (Å²) in [5, 5.41) is 0. The predicted octanol–water partition coefficient (Wildman–Crippen LogP) is 4.31. The Kier molecular flexibility index (Phi) is 6.52. The summed E-state index contributed by atoms with van der Waals surface area (Å²) in [4.78, 5) is 7.21. The number of aromatic nitrogens is 2. The lowest BCUT2D eigenvalue weighted by Crippen LogP contribution is -2.28. The molecule has 0 radical (unpaired) electrons. The Hall–Kier alpha value is -0.580. The van der Waals surface area contributed by atoms with Crippen LogP contribution in [0.2, 0.25) is 0 Å². The number of hydrogen-bond donors (Lipinski definition) is 0. The molecule has 0 atom stereocenters. The summed E-state index contributed by atoms with van der Waals surface area (Å²) in [5.74, 6) is 1.70. The average molecular weight is 373 g/mol. The number of imidazole rings is 1. The van der Waals surface area contributed by atoms with Crippen LogP contribution in [0.15, 0.2) is 22.7 Å². The summed E-state index contributed by atoms with van der Waals surface area (Å²) >= 11 is 9.49. The summed E-state index contributed by atoms with van der Waals surface area (Å²) in [7, 11) is 0. The highest BCUT2D eigenvalue weighted by Crippen LogP contribution is 2.21. The number of nitrogens with zero attached hydrogens (tertiary/aromatic N) is 3. The van der Waals surface area contributed by atoms with E-state index in [4.69, 9.17) is 16.6 Å². The number of alkyl halides is 1. The number of hydrogen-bond acceptors (Lipinski definition) is 2. The maximum absolute atomic E-state index is 5.93. The van der Waals surface area contributed by atoms with Crippen LogP contribution in [0, 0.1) is 0 Å². The fourth-order valence-electron chi connectivity index (χ4n) is 2.66. The van der Waals surface area contributed by atoms with Crippen molar-refractivity contribution in [3.63, 3.8) is 0 Å². The fraction of sp³-hybridized carbons (Fsp3) is 0.562. The minimum Gasteiger partial charge on any atom is -0.327 e. The second-order valence-corrected chi connectivity index (χ2v) is 6.48. The van der Waals surface area contributed by atoms with Crippen LogP contribution in [-0.4, -0.2) is 40.0 Å². The largest absolute Gasteiger partial charge is 0.327 e. The van der Waals surface area contributed by atoms with Crippen molar-refractivity contribution in [3.8, 4) is 0 Å². The summed E-state index contributed by atoms with van der Waals surface area (Å²) in [6, 6.07) is 6.26. The maximum atomic E-state index is 5.93. The van der Waals surface area contributed by atoms with Crippen molar-refractivity contribution >= 4 is 38.6 Å². The van der Waals surface area contributed by atoms with Gasteiger partial charge in [-0.15, -0.1) is 11.6 Å². The second-order valence-electron chi connectivity index (χ2n) is 5.19. The Bertz CT molecular complexity index is 582. The van der Waals surface area contributed by atoms with Crippen LogP contribution in [0.1, 0.15) is 26.1 Å². The van der Waals surface area contributed by atoms with Crippen LogP contribution >= 0.6 is 27.5 Å². The zero-order valence-corrected chi connectivity index (χ0v) is 15.1. The lowest BCUT2D eigenvalue weighted by Gasteiger charge is -2.20. The Morgan fingerprint density at radius 2 is 2.10 bits per heavy atom. The van der Waals surface area contributed by atoms with E-state index in [1.54, 1.807) is 0 Å². The topological polar surface area (TPSA) is 21.1 Å². The van der Waals surface area contributed by atoms with Gasteiger partial charge in [0.2, 0.25) is 0 Å². The Labute approximate surface area is 140 Å². The van der Waals surface area contributed by atoms with Gasteiger partial charge in [0.05, 0.1) is 11.0 Å². The van der Waals surface area contributed by atoms with Gasteiger partial charge in [0.15, 0.2) is 0 Å². The van der Waals surface area contributed by atoms with E-state index in [1.807, 2.05) is 6.07 Å². The Balaban J connectivity index is 2.26. The minimum absolute atomic E-state index is 0.608. The lowest BCUT2D eigenvalue weighted by molar-refractivity contribution is 0.277. The zero-order chi connectivity index (χ0) is 15.2. The summed E-state index contributed by atoms with van der Waals surface area (Å²) in [6.45, 7) is 8.71. The number of halogens is 2. The molecule has 0 spiro atoms. The third-order valence-corrected chi connectivity index (χ3v) is 4.42. The molecule has 5 heteroatoms. The van der Waals surface area contributed by atoms with E-state index >= 15 is 0 Å². The first-order valence-electron chi connectivity index (χ1n) is 7.62. The highest BCUT2D eigenvalue weighted by Gasteiger charge is 2.11. The van der Waals surface area contributed by atoms with Gasteiger partial charge >= 0.3 is 0 Å². The average Bonchev–Trinajstić information content (AvgIpc) is 2.81. The van der Waals surface area contributed by atoms with Crippen molar-refractivity contribution in [2.75, 3.05) is 25.5 Å². The molecule has 0 aliphatic heterocycles. The molecule has 1 aromatic carbocycles. The standard InChI is InChI=1S/C16H23BrClN3/c1-3-9-20(4-2)10-11-21-15-12-13(17)5-6-14(15)19-16(21)7-8-18/h5-6,12H,3-4,7-11H2,1-2H3. The molecule has 0 bridgehead atoms. The van der Waals surface area contributed by atoms with Crippen molar-refractivity contribution in [1.29, 1.82) is 0 Å². The predicted molar refractivity (Wildman–Crippen MR) is 94.3 cm³/mol. The molecule has 0 saturated heterocycles. The van der Waals surface area contributed by atoms with E-state index in [2.05, 4.69) is 51.4 Å². The molecule has 2 rings (SSSR count). The number of benzene rings is 1. The minimum atomic E-state index is 0.608. The molecule has 1 heterocycles. The van der Waals surface area contributed by atoms with Crippen LogP contribution in [0.5, 0.6) is 0 Å². The number of rotatable bonds is 8. The van der Waals surface area contributed by atoms with Crippen LogP contribution < -0.4 is 0 Å². The molecule has 2 aromatic rings. The monoisotopic (exact) mass is 371 g/mol. The van der Waals surface area contributed by atoms with E-state index in [9.17, 15) is 0 Å².